The van der Waals surface area contributed by atoms with Crippen LogP contribution in [-0.4, -0.2) is 45.7 Å². The highest BCUT2D eigenvalue weighted by Gasteiger charge is 2.20. The van der Waals surface area contributed by atoms with E-state index >= 15 is 0 Å². The monoisotopic (exact) mass is 285 g/mol. The first-order valence-electron chi connectivity index (χ1n) is 6.94. The molecule has 1 aromatic carbocycles. The first-order valence-corrected chi connectivity index (χ1v) is 6.94. The summed E-state index contributed by atoms with van der Waals surface area (Å²) in [6.45, 7) is 5.18. The van der Waals surface area contributed by atoms with Crippen LogP contribution in [0, 0.1) is 11.6 Å². The number of halogens is 2. The maximum absolute atomic E-state index is 13.0. The van der Waals surface area contributed by atoms with Gasteiger partial charge in [-0.05, 0) is 12.1 Å². The summed E-state index contributed by atoms with van der Waals surface area (Å²) in [6, 6.07) is 3.38. The average molecular weight is 285 g/mol. The van der Waals surface area contributed by atoms with Crippen molar-refractivity contribution in [2.24, 2.45) is 0 Å². The Morgan fingerprint density at radius 2 is 1.90 bits per heavy atom. The Balaban J connectivity index is 1.76. The summed E-state index contributed by atoms with van der Waals surface area (Å²) in [5.74, 6) is -2.02. The quantitative estimate of drug-likeness (QED) is 0.632. The van der Waals surface area contributed by atoms with Gasteiger partial charge >= 0.3 is 0 Å². The van der Waals surface area contributed by atoms with E-state index in [-0.39, 0.29) is 5.91 Å². The third kappa shape index (κ3) is 4.25. The number of quaternary nitrogens is 2. The van der Waals surface area contributed by atoms with Gasteiger partial charge in [0.25, 0.3) is 0 Å². The second-order valence-electron chi connectivity index (χ2n) is 5.38. The number of carbonyl (C=O) groups excluding carboxylic acids is 1. The maximum atomic E-state index is 13.0. The summed E-state index contributed by atoms with van der Waals surface area (Å²) in [6.07, 6.45) is 0.396. The summed E-state index contributed by atoms with van der Waals surface area (Å²) >= 11 is 0. The second kappa shape index (κ2) is 6.76. The number of piperazine rings is 1. The Hall–Kier alpha value is -1.53. The Morgan fingerprint density at radius 3 is 2.55 bits per heavy atom. The van der Waals surface area contributed by atoms with E-state index in [1.807, 2.05) is 0 Å². The van der Waals surface area contributed by atoms with Crippen molar-refractivity contribution >= 4 is 11.6 Å². The number of amides is 1. The van der Waals surface area contributed by atoms with Crippen LogP contribution < -0.4 is 15.1 Å². The van der Waals surface area contributed by atoms with Gasteiger partial charge in [0.15, 0.2) is 11.6 Å². The molecule has 0 saturated carbocycles. The summed E-state index contributed by atoms with van der Waals surface area (Å²) in [7, 11) is 2.17. The molecule has 1 aliphatic heterocycles. The number of carbonyl (C=O) groups is 1. The van der Waals surface area contributed by atoms with Crippen LogP contribution in [0.3, 0.4) is 0 Å². The number of benzene rings is 1. The second-order valence-corrected chi connectivity index (χ2v) is 5.38. The molecule has 1 fully saturated rings. The smallest absolute Gasteiger partial charge is 0.230 e. The molecule has 0 aliphatic carbocycles. The zero-order valence-corrected chi connectivity index (χ0v) is 11.6. The first kappa shape index (κ1) is 14.9. The lowest BCUT2D eigenvalue weighted by molar-refractivity contribution is -1.00. The fourth-order valence-electron chi connectivity index (χ4n) is 2.37. The molecule has 4 nitrogen and oxygen atoms in total. The summed E-state index contributed by atoms with van der Waals surface area (Å²) in [5.41, 5.74) is 0.298. The van der Waals surface area contributed by atoms with Crippen molar-refractivity contribution < 1.29 is 23.4 Å². The molecular formula is C14H21F2N3O+2. The SMILES string of the molecule is C[NH+]1CC[NH+](CCC(=O)Nc2ccc(F)c(F)c2)CC1. The molecule has 0 spiro atoms. The van der Waals surface area contributed by atoms with Gasteiger partial charge in [0.05, 0.1) is 20.0 Å². The fraction of sp³-hybridized carbons (Fsp3) is 0.500. The van der Waals surface area contributed by atoms with Crippen molar-refractivity contribution in [3.8, 4) is 0 Å². The maximum Gasteiger partial charge on any atom is 0.230 e. The Bertz CT molecular complexity index is 473. The number of anilines is 1. The standard InChI is InChI=1S/C14H19F2N3O/c1-18-6-8-19(9-7-18)5-4-14(20)17-11-2-3-12(15)13(16)10-11/h2-3,10H,4-9H2,1H3,(H,17,20)/p+2. The molecule has 0 aromatic heterocycles. The lowest BCUT2D eigenvalue weighted by Gasteiger charge is -2.27. The minimum absolute atomic E-state index is 0.158. The van der Waals surface area contributed by atoms with Gasteiger partial charge in [-0.2, -0.15) is 0 Å². The number of nitrogens with one attached hydrogen (secondary N) is 3. The van der Waals surface area contributed by atoms with E-state index in [4.69, 9.17) is 0 Å². The Morgan fingerprint density at radius 1 is 1.20 bits per heavy atom. The molecule has 20 heavy (non-hydrogen) atoms. The minimum Gasteiger partial charge on any atom is -0.328 e. The molecule has 1 saturated heterocycles. The summed E-state index contributed by atoms with van der Waals surface area (Å²) < 4.78 is 25.8. The van der Waals surface area contributed by atoms with Crippen LogP contribution in [0.1, 0.15) is 6.42 Å². The fourth-order valence-corrected chi connectivity index (χ4v) is 2.37. The molecule has 0 bridgehead atoms. The highest BCUT2D eigenvalue weighted by molar-refractivity contribution is 5.90. The molecule has 0 radical (unpaired) electrons. The van der Waals surface area contributed by atoms with Gasteiger partial charge in [-0.1, -0.05) is 0 Å². The number of hydrogen-bond donors (Lipinski definition) is 3. The molecule has 110 valence electrons. The van der Waals surface area contributed by atoms with Crippen LogP contribution in [0.15, 0.2) is 18.2 Å². The van der Waals surface area contributed by atoms with E-state index in [0.29, 0.717) is 12.1 Å². The Labute approximate surface area is 117 Å². The number of rotatable bonds is 4. The van der Waals surface area contributed by atoms with E-state index in [9.17, 15) is 13.6 Å². The van der Waals surface area contributed by atoms with Gasteiger partial charge in [-0.15, -0.1) is 0 Å². The van der Waals surface area contributed by atoms with E-state index < -0.39 is 11.6 Å². The van der Waals surface area contributed by atoms with Crippen molar-refractivity contribution in [1.82, 2.24) is 0 Å². The van der Waals surface area contributed by atoms with Crippen molar-refractivity contribution in [3.63, 3.8) is 0 Å². The van der Waals surface area contributed by atoms with Gasteiger partial charge in [0.1, 0.15) is 26.2 Å². The third-order valence-electron chi connectivity index (χ3n) is 3.72. The van der Waals surface area contributed by atoms with Crippen LogP contribution in [-0.2, 0) is 4.79 Å². The molecule has 1 aliphatic rings. The molecule has 2 rings (SSSR count). The normalized spacial score (nSPS) is 22.6. The molecule has 1 amide bonds. The molecule has 1 heterocycles. The summed E-state index contributed by atoms with van der Waals surface area (Å²) in [5, 5.41) is 2.59. The summed E-state index contributed by atoms with van der Waals surface area (Å²) in [4.78, 5) is 14.7. The van der Waals surface area contributed by atoms with Crippen LogP contribution in [0.4, 0.5) is 14.5 Å². The topological polar surface area (TPSA) is 38.0 Å². The third-order valence-corrected chi connectivity index (χ3v) is 3.72. The average Bonchev–Trinajstić information content (AvgIpc) is 2.42. The lowest BCUT2D eigenvalue weighted by Crippen LogP contribution is -3.27. The van der Waals surface area contributed by atoms with Crippen LogP contribution in [0.2, 0.25) is 0 Å². The largest absolute Gasteiger partial charge is 0.328 e. The van der Waals surface area contributed by atoms with Crippen molar-refractivity contribution in [2.75, 3.05) is 45.1 Å². The van der Waals surface area contributed by atoms with Gasteiger partial charge in [-0.3, -0.25) is 4.79 Å². The van der Waals surface area contributed by atoms with E-state index in [1.165, 1.54) is 15.9 Å². The molecular weight excluding hydrogens is 264 g/mol. The van der Waals surface area contributed by atoms with E-state index in [0.717, 1.165) is 44.9 Å². The highest BCUT2D eigenvalue weighted by Crippen LogP contribution is 2.12. The van der Waals surface area contributed by atoms with Crippen molar-refractivity contribution in [2.45, 2.75) is 6.42 Å². The predicted octanol–water partition coefficient (Wildman–Crippen LogP) is -1.29. The van der Waals surface area contributed by atoms with Gasteiger partial charge in [0.2, 0.25) is 5.91 Å². The van der Waals surface area contributed by atoms with Crippen LogP contribution in [0.25, 0.3) is 0 Å². The van der Waals surface area contributed by atoms with E-state index in [1.54, 1.807) is 0 Å². The number of hydrogen-bond acceptors (Lipinski definition) is 1. The molecule has 0 atom stereocenters. The van der Waals surface area contributed by atoms with Crippen molar-refractivity contribution in [3.05, 3.63) is 29.8 Å². The molecule has 3 N–H and O–H groups in total. The predicted molar refractivity (Wildman–Crippen MR) is 71.8 cm³/mol. The van der Waals surface area contributed by atoms with Crippen molar-refractivity contribution in [1.29, 1.82) is 0 Å². The zero-order chi connectivity index (χ0) is 14.5. The number of likely N-dealkylation sites (N-methyl/N-ethyl adjacent to an activating group) is 1. The van der Waals surface area contributed by atoms with Gasteiger partial charge in [-0.25, -0.2) is 8.78 Å². The van der Waals surface area contributed by atoms with Crippen LogP contribution in [0.5, 0.6) is 0 Å². The molecule has 0 unspecified atom stereocenters. The molecule has 6 heteroatoms. The Kier molecular flexibility index (Phi) is 5.03. The van der Waals surface area contributed by atoms with E-state index in [2.05, 4.69) is 12.4 Å². The molecule has 1 aromatic rings. The van der Waals surface area contributed by atoms with Crippen LogP contribution >= 0.6 is 0 Å². The van der Waals surface area contributed by atoms with Gasteiger partial charge < -0.3 is 15.1 Å². The first-order chi connectivity index (χ1) is 9.54. The minimum atomic E-state index is -0.949. The highest BCUT2D eigenvalue weighted by atomic mass is 19.2. The lowest BCUT2D eigenvalue weighted by atomic mass is 10.2. The van der Waals surface area contributed by atoms with Gasteiger partial charge in [0, 0.05) is 11.8 Å². The zero-order valence-electron chi connectivity index (χ0n) is 11.6.